The maximum atomic E-state index is 12.0. The average molecular weight is 235 g/mol. The molecule has 6 nitrogen and oxygen atoms in total. The number of nitriles is 1. The third-order valence-electron chi connectivity index (χ3n) is 2.73. The summed E-state index contributed by atoms with van der Waals surface area (Å²) in [5.41, 5.74) is -0.490. The third-order valence-corrected chi connectivity index (χ3v) is 2.73. The van der Waals surface area contributed by atoms with Crippen LogP contribution in [0.25, 0.3) is 0 Å². The van der Waals surface area contributed by atoms with Gasteiger partial charge in [0, 0.05) is 6.61 Å². The first-order chi connectivity index (χ1) is 8.27. The zero-order chi connectivity index (χ0) is 12.3. The van der Waals surface area contributed by atoms with Crippen molar-refractivity contribution in [3.8, 4) is 11.8 Å². The zero-order valence-electron chi connectivity index (χ0n) is 9.55. The lowest BCUT2D eigenvalue weighted by Gasteiger charge is -2.23. The Hall–Kier alpha value is -1.87. The Kier molecular flexibility index (Phi) is 3.40. The van der Waals surface area contributed by atoms with Crippen LogP contribution in [0.2, 0.25) is 0 Å². The Morgan fingerprint density at radius 1 is 1.65 bits per heavy atom. The molecule has 1 saturated heterocycles. The van der Waals surface area contributed by atoms with Crippen molar-refractivity contribution < 1.29 is 9.47 Å². The SMILES string of the molecule is COc1cnn(C2CCCCO2)c(=O)c1C#N. The summed E-state index contributed by atoms with van der Waals surface area (Å²) in [6.45, 7) is 0.618. The van der Waals surface area contributed by atoms with Gasteiger partial charge in [-0.2, -0.15) is 15.0 Å². The second-order valence-corrected chi connectivity index (χ2v) is 3.77. The summed E-state index contributed by atoms with van der Waals surface area (Å²) in [6, 6.07) is 1.84. The highest BCUT2D eigenvalue weighted by molar-refractivity contribution is 5.38. The zero-order valence-corrected chi connectivity index (χ0v) is 9.55. The molecule has 1 atom stereocenters. The Balaban J connectivity index is 2.42. The fourth-order valence-corrected chi connectivity index (χ4v) is 1.83. The predicted molar refractivity (Wildman–Crippen MR) is 58.6 cm³/mol. The van der Waals surface area contributed by atoms with Crippen LogP contribution in [-0.4, -0.2) is 23.5 Å². The van der Waals surface area contributed by atoms with Gasteiger partial charge in [-0.1, -0.05) is 0 Å². The first-order valence-electron chi connectivity index (χ1n) is 5.45. The van der Waals surface area contributed by atoms with Crippen LogP contribution in [-0.2, 0) is 4.74 Å². The van der Waals surface area contributed by atoms with Crippen LogP contribution in [0, 0.1) is 11.3 Å². The van der Waals surface area contributed by atoms with Gasteiger partial charge < -0.3 is 9.47 Å². The smallest absolute Gasteiger partial charge is 0.290 e. The molecule has 0 aliphatic carbocycles. The van der Waals surface area contributed by atoms with E-state index in [1.165, 1.54) is 18.0 Å². The molecule has 6 heteroatoms. The van der Waals surface area contributed by atoms with Crippen LogP contribution in [0.4, 0.5) is 0 Å². The van der Waals surface area contributed by atoms with E-state index in [9.17, 15) is 4.79 Å². The maximum Gasteiger partial charge on any atom is 0.290 e. The van der Waals surface area contributed by atoms with Gasteiger partial charge in [0.2, 0.25) is 0 Å². The first kappa shape index (κ1) is 11.6. The van der Waals surface area contributed by atoms with Crippen LogP contribution >= 0.6 is 0 Å². The highest BCUT2D eigenvalue weighted by Crippen LogP contribution is 2.21. The Bertz CT molecular complexity index is 498. The lowest BCUT2D eigenvalue weighted by Crippen LogP contribution is -2.32. The molecule has 1 aliphatic heterocycles. The van der Waals surface area contributed by atoms with E-state index in [2.05, 4.69) is 5.10 Å². The van der Waals surface area contributed by atoms with Crippen LogP contribution in [0.5, 0.6) is 5.75 Å². The van der Waals surface area contributed by atoms with Crippen molar-refractivity contribution in [1.29, 1.82) is 5.26 Å². The molecule has 1 fully saturated rings. The normalized spacial score (nSPS) is 19.6. The minimum atomic E-state index is -0.459. The Morgan fingerprint density at radius 3 is 3.06 bits per heavy atom. The molecule has 0 radical (unpaired) electrons. The molecule has 17 heavy (non-hydrogen) atoms. The summed E-state index contributed by atoms with van der Waals surface area (Å²) in [7, 11) is 1.40. The second-order valence-electron chi connectivity index (χ2n) is 3.77. The van der Waals surface area contributed by atoms with Crippen LogP contribution in [0.1, 0.15) is 31.1 Å². The van der Waals surface area contributed by atoms with Crippen LogP contribution in [0.15, 0.2) is 11.0 Å². The molecular formula is C11H13N3O3. The van der Waals surface area contributed by atoms with Gasteiger partial charge in [0.15, 0.2) is 17.5 Å². The lowest BCUT2D eigenvalue weighted by atomic mass is 10.2. The number of rotatable bonds is 2. The van der Waals surface area contributed by atoms with Gasteiger partial charge in [-0.25, -0.2) is 0 Å². The van der Waals surface area contributed by atoms with Gasteiger partial charge in [-0.05, 0) is 19.3 Å². The van der Waals surface area contributed by atoms with Gasteiger partial charge in [-0.3, -0.25) is 4.79 Å². The van der Waals surface area contributed by atoms with E-state index in [1.807, 2.05) is 6.07 Å². The summed E-state index contributed by atoms with van der Waals surface area (Å²) in [4.78, 5) is 12.0. The Labute approximate surface area is 98.4 Å². The summed E-state index contributed by atoms with van der Waals surface area (Å²) in [5.74, 6) is 0.199. The average Bonchev–Trinajstić information content (AvgIpc) is 2.39. The highest BCUT2D eigenvalue weighted by Gasteiger charge is 2.21. The third kappa shape index (κ3) is 2.15. The molecule has 0 bridgehead atoms. The second kappa shape index (κ2) is 4.97. The molecule has 1 aliphatic rings. The van der Waals surface area contributed by atoms with E-state index < -0.39 is 5.56 Å². The van der Waals surface area contributed by atoms with Gasteiger partial charge in [0.25, 0.3) is 5.56 Å². The molecule has 0 aromatic carbocycles. The summed E-state index contributed by atoms with van der Waals surface area (Å²) in [5, 5.41) is 12.9. The topological polar surface area (TPSA) is 77.1 Å². The minimum Gasteiger partial charge on any atom is -0.493 e. The molecule has 1 aromatic rings. The number of hydrogen-bond acceptors (Lipinski definition) is 5. The molecule has 0 amide bonds. The van der Waals surface area contributed by atoms with Crippen molar-refractivity contribution in [3.05, 3.63) is 22.1 Å². The standard InChI is InChI=1S/C11H13N3O3/c1-16-9-7-13-14(11(15)8(9)6-12)10-4-2-3-5-17-10/h7,10H,2-5H2,1H3. The van der Waals surface area contributed by atoms with E-state index in [4.69, 9.17) is 14.7 Å². The largest absolute Gasteiger partial charge is 0.493 e. The Morgan fingerprint density at radius 2 is 2.47 bits per heavy atom. The van der Waals surface area contributed by atoms with E-state index in [-0.39, 0.29) is 17.5 Å². The minimum absolute atomic E-state index is 0.0309. The summed E-state index contributed by atoms with van der Waals surface area (Å²) < 4.78 is 11.6. The fourth-order valence-electron chi connectivity index (χ4n) is 1.83. The summed E-state index contributed by atoms with van der Waals surface area (Å²) >= 11 is 0. The van der Waals surface area contributed by atoms with Crippen molar-refractivity contribution in [3.63, 3.8) is 0 Å². The highest BCUT2D eigenvalue weighted by atomic mass is 16.5. The van der Waals surface area contributed by atoms with Crippen molar-refractivity contribution in [2.75, 3.05) is 13.7 Å². The fraction of sp³-hybridized carbons (Fsp3) is 0.545. The molecule has 2 heterocycles. The molecule has 1 aromatic heterocycles. The first-order valence-corrected chi connectivity index (χ1v) is 5.45. The van der Waals surface area contributed by atoms with E-state index in [1.54, 1.807) is 0 Å². The monoisotopic (exact) mass is 235 g/mol. The molecular weight excluding hydrogens is 222 g/mol. The predicted octanol–water partition coefficient (Wildman–Crippen LogP) is 0.823. The van der Waals surface area contributed by atoms with Crippen molar-refractivity contribution in [1.82, 2.24) is 9.78 Å². The van der Waals surface area contributed by atoms with Gasteiger partial charge in [0.1, 0.15) is 6.07 Å². The van der Waals surface area contributed by atoms with Crippen LogP contribution in [0.3, 0.4) is 0 Å². The number of aromatic nitrogens is 2. The van der Waals surface area contributed by atoms with Gasteiger partial charge in [0.05, 0.1) is 13.3 Å². The molecule has 1 unspecified atom stereocenters. The quantitative estimate of drug-likeness (QED) is 0.758. The van der Waals surface area contributed by atoms with Gasteiger partial charge in [-0.15, -0.1) is 0 Å². The van der Waals surface area contributed by atoms with E-state index in [0.29, 0.717) is 6.61 Å². The number of nitrogens with zero attached hydrogens (tertiary/aromatic N) is 3. The van der Waals surface area contributed by atoms with E-state index >= 15 is 0 Å². The maximum absolute atomic E-state index is 12.0. The van der Waals surface area contributed by atoms with Crippen LogP contribution < -0.4 is 10.3 Å². The number of methoxy groups -OCH3 is 1. The van der Waals surface area contributed by atoms with E-state index in [0.717, 1.165) is 19.3 Å². The lowest BCUT2D eigenvalue weighted by molar-refractivity contribution is -0.0426. The number of ether oxygens (including phenoxy) is 2. The molecule has 90 valence electrons. The molecule has 0 spiro atoms. The molecule has 0 saturated carbocycles. The van der Waals surface area contributed by atoms with Gasteiger partial charge >= 0.3 is 0 Å². The molecule has 2 rings (SSSR count). The summed E-state index contributed by atoms with van der Waals surface area (Å²) in [6.07, 6.45) is 3.73. The molecule has 0 N–H and O–H groups in total. The number of hydrogen-bond donors (Lipinski definition) is 0. The van der Waals surface area contributed by atoms with Crippen molar-refractivity contribution in [2.24, 2.45) is 0 Å². The van der Waals surface area contributed by atoms with Crippen molar-refractivity contribution >= 4 is 0 Å². The van der Waals surface area contributed by atoms with Crippen molar-refractivity contribution in [2.45, 2.75) is 25.5 Å².